The highest BCUT2D eigenvalue weighted by Crippen LogP contribution is 2.48. The largest absolute Gasteiger partial charge is 0.472 e. The quantitative estimate of drug-likeness (QED) is 0.0107. The maximum absolute atomic E-state index is 13.4. The second-order valence-electron chi connectivity index (χ2n) is 18.8. The van der Waals surface area contributed by atoms with Crippen LogP contribution in [0.1, 0.15) is 187 Å². The molecule has 2 rings (SSSR count). The van der Waals surface area contributed by atoms with E-state index in [1.165, 1.54) is 128 Å². The molecule has 404 valence electrons. The van der Waals surface area contributed by atoms with Gasteiger partial charge in [0, 0.05) is 12.5 Å². The lowest BCUT2D eigenvalue weighted by atomic mass is 9.84. The van der Waals surface area contributed by atoms with E-state index in [-0.39, 0.29) is 6.42 Å². The molecule has 19 heteroatoms. The lowest BCUT2D eigenvalue weighted by Crippen LogP contribution is -2.67. The van der Waals surface area contributed by atoms with Gasteiger partial charge < -0.3 is 64.7 Å². The summed E-state index contributed by atoms with van der Waals surface area (Å²) in [5.41, 5.74) is 0. The average molecular weight is 1010 g/mol. The SMILES string of the molecule is CCCCCCCCCCCCCC=CC=CC(=O)OCC(COP(=O)(O)OC1C(O)C(O)C(O)C(O)C1OC1OC(CO)C(O)C(O)C1O)OC(=O)CCCCCCCCCCCCCCCC. The van der Waals surface area contributed by atoms with Gasteiger partial charge >= 0.3 is 19.8 Å². The number of aliphatic hydroxyl groups excluding tert-OH is 8. The molecule has 13 atom stereocenters. The van der Waals surface area contributed by atoms with Gasteiger partial charge in [0.2, 0.25) is 0 Å². The molecular formula is C50H91O18P. The van der Waals surface area contributed by atoms with Crippen molar-refractivity contribution >= 4 is 19.8 Å². The summed E-state index contributed by atoms with van der Waals surface area (Å²) in [7, 11) is -5.39. The Morgan fingerprint density at radius 2 is 1.04 bits per heavy atom. The van der Waals surface area contributed by atoms with Crippen molar-refractivity contribution in [1.29, 1.82) is 0 Å². The fourth-order valence-corrected chi connectivity index (χ4v) is 9.41. The van der Waals surface area contributed by atoms with Crippen LogP contribution in [-0.2, 0) is 42.1 Å². The molecule has 13 unspecified atom stereocenters. The average Bonchev–Trinajstić information content (AvgIpc) is 3.33. The number of ether oxygens (including phenoxy) is 4. The van der Waals surface area contributed by atoms with Gasteiger partial charge in [-0.15, -0.1) is 0 Å². The van der Waals surface area contributed by atoms with E-state index in [0.717, 1.165) is 44.9 Å². The van der Waals surface area contributed by atoms with Gasteiger partial charge in [0.1, 0.15) is 67.6 Å². The van der Waals surface area contributed by atoms with Crippen molar-refractivity contribution in [2.45, 2.75) is 261 Å². The Morgan fingerprint density at radius 3 is 1.55 bits per heavy atom. The van der Waals surface area contributed by atoms with Crippen molar-refractivity contribution < 1.29 is 87.9 Å². The van der Waals surface area contributed by atoms with Crippen molar-refractivity contribution in [1.82, 2.24) is 0 Å². The molecular weight excluding hydrogens is 920 g/mol. The maximum Gasteiger partial charge on any atom is 0.472 e. The summed E-state index contributed by atoms with van der Waals surface area (Å²) in [5, 5.41) is 82.9. The molecule has 0 aromatic heterocycles. The van der Waals surface area contributed by atoms with Crippen LogP contribution in [0, 0.1) is 0 Å². The van der Waals surface area contributed by atoms with E-state index in [0.29, 0.717) is 6.42 Å². The fourth-order valence-electron chi connectivity index (χ4n) is 8.44. The van der Waals surface area contributed by atoms with Gasteiger partial charge in [-0.25, -0.2) is 9.36 Å². The third kappa shape index (κ3) is 26.6. The van der Waals surface area contributed by atoms with E-state index in [1.54, 1.807) is 6.08 Å². The number of allylic oxidation sites excluding steroid dienone is 3. The normalized spacial score (nSPS) is 27.7. The predicted octanol–water partition coefficient (Wildman–Crippen LogP) is 6.27. The minimum atomic E-state index is -5.39. The Balaban J connectivity index is 1.96. The van der Waals surface area contributed by atoms with Gasteiger partial charge in [-0.2, -0.15) is 0 Å². The number of hydrogen-bond acceptors (Lipinski definition) is 17. The summed E-state index contributed by atoms with van der Waals surface area (Å²) >= 11 is 0. The lowest BCUT2D eigenvalue weighted by Gasteiger charge is -2.47. The van der Waals surface area contributed by atoms with Crippen molar-refractivity contribution in [3.63, 3.8) is 0 Å². The Bertz CT molecular complexity index is 1430. The molecule has 9 N–H and O–H groups in total. The molecule has 1 aliphatic heterocycles. The molecule has 0 aromatic rings. The Morgan fingerprint density at radius 1 is 0.580 bits per heavy atom. The van der Waals surface area contributed by atoms with E-state index in [1.807, 2.05) is 6.08 Å². The maximum atomic E-state index is 13.4. The second kappa shape index (κ2) is 37.8. The molecule has 2 fully saturated rings. The molecule has 69 heavy (non-hydrogen) atoms. The highest BCUT2D eigenvalue weighted by molar-refractivity contribution is 7.47. The molecule has 0 amide bonds. The first-order chi connectivity index (χ1) is 33.2. The minimum Gasteiger partial charge on any atom is -0.458 e. The Kier molecular flexibility index (Phi) is 34.7. The van der Waals surface area contributed by atoms with E-state index in [2.05, 4.69) is 13.8 Å². The van der Waals surface area contributed by atoms with E-state index < -0.39 is 113 Å². The topological polar surface area (TPSA) is 289 Å². The zero-order valence-electron chi connectivity index (χ0n) is 41.6. The van der Waals surface area contributed by atoms with E-state index in [9.17, 15) is 59.9 Å². The predicted molar refractivity (Wildman–Crippen MR) is 258 cm³/mol. The first-order valence-corrected chi connectivity index (χ1v) is 27.7. The monoisotopic (exact) mass is 1010 g/mol. The summed E-state index contributed by atoms with van der Waals surface area (Å²) in [5.74, 6) is -1.46. The first-order valence-electron chi connectivity index (χ1n) is 26.2. The van der Waals surface area contributed by atoms with Crippen LogP contribution < -0.4 is 0 Å². The van der Waals surface area contributed by atoms with Gasteiger partial charge in [-0.1, -0.05) is 180 Å². The van der Waals surface area contributed by atoms with Crippen LogP contribution in [0.15, 0.2) is 24.3 Å². The van der Waals surface area contributed by atoms with Gasteiger partial charge in [-0.05, 0) is 19.3 Å². The lowest BCUT2D eigenvalue weighted by molar-refractivity contribution is -0.338. The minimum absolute atomic E-state index is 0.0168. The number of unbranched alkanes of at least 4 members (excludes halogenated alkanes) is 24. The zero-order valence-corrected chi connectivity index (χ0v) is 42.5. The van der Waals surface area contributed by atoms with Crippen LogP contribution in [0.5, 0.6) is 0 Å². The zero-order chi connectivity index (χ0) is 50.9. The Labute approximate surface area is 411 Å². The first kappa shape index (κ1) is 63.2. The van der Waals surface area contributed by atoms with E-state index in [4.69, 9.17) is 28.0 Å². The number of aliphatic hydroxyl groups is 8. The number of phosphoric ester groups is 1. The van der Waals surface area contributed by atoms with Crippen molar-refractivity contribution in [3.8, 4) is 0 Å². The van der Waals surface area contributed by atoms with Crippen LogP contribution in [0.25, 0.3) is 0 Å². The molecule has 18 nitrogen and oxygen atoms in total. The summed E-state index contributed by atoms with van der Waals surface area (Å²) in [4.78, 5) is 36.4. The van der Waals surface area contributed by atoms with Crippen LogP contribution in [-0.4, -0.2) is 151 Å². The standard InChI is InChI=1S/C50H91O18P/c1-3-5-7-9-11-13-15-17-19-21-22-24-26-28-30-32-39(52)63-35-37(65-40(53)33-31-29-27-25-23-20-18-16-14-12-10-8-6-4-2)36-64-69(61,62)68-49-46(59)44(57)43(56)45(58)48(49)67-50-47(60)42(55)41(54)38(34-51)66-50/h26,28,30,32,37-38,41-51,54-60H,3-25,27,29,31,33-36H2,1-2H3,(H,61,62). The Hall–Kier alpha value is -1.87. The number of esters is 2. The van der Waals surface area contributed by atoms with Crippen LogP contribution in [0.4, 0.5) is 0 Å². The smallest absolute Gasteiger partial charge is 0.458 e. The second-order valence-corrected chi connectivity index (χ2v) is 20.2. The summed E-state index contributed by atoms with van der Waals surface area (Å²) in [6, 6.07) is 0. The molecule has 0 aromatic carbocycles. The third-order valence-electron chi connectivity index (χ3n) is 12.8. The molecule has 0 bridgehead atoms. The van der Waals surface area contributed by atoms with Crippen molar-refractivity contribution in [2.24, 2.45) is 0 Å². The number of hydrogen-bond donors (Lipinski definition) is 9. The van der Waals surface area contributed by atoms with Gasteiger partial charge in [-0.3, -0.25) is 13.8 Å². The molecule has 1 saturated carbocycles. The molecule has 0 radical (unpaired) electrons. The summed E-state index contributed by atoms with van der Waals surface area (Å²) < 4.78 is 45.3. The number of carbonyl (C=O) groups is 2. The van der Waals surface area contributed by atoms with Crippen LogP contribution >= 0.6 is 7.82 Å². The van der Waals surface area contributed by atoms with Gasteiger partial charge in [0.05, 0.1) is 13.2 Å². The molecule has 1 saturated heterocycles. The fraction of sp³-hybridized carbons (Fsp3) is 0.880. The molecule has 0 spiro atoms. The summed E-state index contributed by atoms with van der Waals surface area (Å²) in [6.45, 7) is 2.13. The third-order valence-corrected chi connectivity index (χ3v) is 13.7. The number of rotatable bonds is 40. The summed E-state index contributed by atoms with van der Waals surface area (Å²) in [6.07, 6.45) is 13.2. The number of phosphoric acid groups is 1. The molecule has 1 aliphatic carbocycles. The van der Waals surface area contributed by atoms with Crippen LogP contribution in [0.3, 0.4) is 0 Å². The molecule has 2 aliphatic rings. The van der Waals surface area contributed by atoms with Crippen molar-refractivity contribution in [2.75, 3.05) is 19.8 Å². The highest BCUT2D eigenvalue weighted by atomic mass is 31.2. The molecule has 1 heterocycles. The van der Waals surface area contributed by atoms with Crippen LogP contribution in [0.2, 0.25) is 0 Å². The highest BCUT2D eigenvalue weighted by Gasteiger charge is 2.55. The van der Waals surface area contributed by atoms with Gasteiger partial charge in [0.15, 0.2) is 12.4 Å². The number of carbonyl (C=O) groups excluding carboxylic acids is 2. The van der Waals surface area contributed by atoms with Crippen molar-refractivity contribution in [3.05, 3.63) is 24.3 Å². The van der Waals surface area contributed by atoms with E-state index >= 15 is 0 Å². The van der Waals surface area contributed by atoms with Gasteiger partial charge in [0.25, 0.3) is 0 Å².